The SMILES string of the molecule is CC(C)[C@H]1CC[C@@H](C)CC1(C=O)C=O. The van der Waals surface area contributed by atoms with Gasteiger partial charge >= 0.3 is 0 Å². The van der Waals surface area contributed by atoms with Crippen molar-refractivity contribution in [2.24, 2.45) is 23.2 Å². The average Bonchev–Trinajstić information content (AvgIpc) is 2.16. The number of rotatable bonds is 3. The highest BCUT2D eigenvalue weighted by atomic mass is 16.1. The van der Waals surface area contributed by atoms with Gasteiger partial charge in [0.15, 0.2) is 0 Å². The van der Waals surface area contributed by atoms with E-state index in [0.717, 1.165) is 31.8 Å². The van der Waals surface area contributed by atoms with E-state index in [1.807, 2.05) is 0 Å². The minimum atomic E-state index is -0.689. The molecule has 0 aliphatic heterocycles. The predicted octanol–water partition coefficient (Wildman–Crippen LogP) is 2.46. The molecular weight excluding hydrogens is 176 g/mol. The van der Waals surface area contributed by atoms with Crippen molar-refractivity contribution in [2.45, 2.75) is 40.0 Å². The summed E-state index contributed by atoms with van der Waals surface area (Å²) in [5, 5.41) is 0. The smallest absolute Gasteiger partial charge is 0.133 e. The van der Waals surface area contributed by atoms with Gasteiger partial charge in [0, 0.05) is 0 Å². The summed E-state index contributed by atoms with van der Waals surface area (Å²) in [6, 6.07) is 0. The molecule has 1 fully saturated rings. The molecule has 2 nitrogen and oxygen atoms in total. The minimum Gasteiger partial charge on any atom is -0.302 e. The Labute approximate surface area is 86.1 Å². The second kappa shape index (κ2) is 4.24. The van der Waals surface area contributed by atoms with Gasteiger partial charge in [-0.1, -0.05) is 27.2 Å². The first kappa shape index (κ1) is 11.4. The van der Waals surface area contributed by atoms with Gasteiger partial charge in [-0.25, -0.2) is 0 Å². The zero-order valence-electron chi connectivity index (χ0n) is 9.32. The molecule has 0 saturated heterocycles. The van der Waals surface area contributed by atoms with Crippen molar-refractivity contribution < 1.29 is 9.59 Å². The van der Waals surface area contributed by atoms with Gasteiger partial charge in [0.2, 0.25) is 0 Å². The molecule has 80 valence electrons. The van der Waals surface area contributed by atoms with E-state index in [0.29, 0.717) is 11.8 Å². The lowest BCUT2D eigenvalue weighted by Crippen LogP contribution is -2.41. The van der Waals surface area contributed by atoms with Crippen LogP contribution >= 0.6 is 0 Å². The van der Waals surface area contributed by atoms with Crippen molar-refractivity contribution >= 4 is 12.6 Å². The Hall–Kier alpha value is -0.660. The summed E-state index contributed by atoms with van der Waals surface area (Å²) in [6.45, 7) is 6.32. The summed E-state index contributed by atoms with van der Waals surface area (Å²) in [4.78, 5) is 22.3. The molecule has 14 heavy (non-hydrogen) atoms. The van der Waals surface area contributed by atoms with Crippen molar-refractivity contribution in [2.75, 3.05) is 0 Å². The number of carbonyl (C=O) groups excluding carboxylic acids is 2. The third-order valence-electron chi connectivity index (χ3n) is 3.61. The van der Waals surface area contributed by atoms with Gasteiger partial charge in [-0.15, -0.1) is 0 Å². The second-order valence-electron chi connectivity index (χ2n) is 5.09. The summed E-state index contributed by atoms with van der Waals surface area (Å²) in [7, 11) is 0. The molecule has 0 radical (unpaired) electrons. The van der Waals surface area contributed by atoms with Crippen LogP contribution < -0.4 is 0 Å². The predicted molar refractivity (Wildman–Crippen MR) is 55.9 cm³/mol. The zero-order chi connectivity index (χ0) is 10.8. The Balaban J connectivity index is 2.92. The molecular formula is C12H20O2. The van der Waals surface area contributed by atoms with Crippen LogP contribution in [0.5, 0.6) is 0 Å². The van der Waals surface area contributed by atoms with E-state index >= 15 is 0 Å². The largest absolute Gasteiger partial charge is 0.302 e. The van der Waals surface area contributed by atoms with Gasteiger partial charge < -0.3 is 9.59 Å². The maximum Gasteiger partial charge on any atom is 0.133 e. The lowest BCUT2D eigenvalue weighted by Gasteiger charge is -2.41. The molecule has 0 aromatic rings. The summed E-state index contributed by atoms with van der Waals surface area (Å²) in [6.07, 6.45) is 4.67. The first-order chi connectivity index (χ1) is 6.55. The third-order valence-corrected chi connectivity index (χ3v) is 3.61. The summed E-state index contributed by atoms with van der Waals surface area (Å²) in [5.74, 6) is 1.16. The average molecular weight is 196 g/mol. The van der Waals surface area contributed by atoms with Crippen molar-refractivity contribution in [1.29, 1.82) is 0 Å². The van der Waals surface area contributed by atoms with Crippen LogP contribution in [0, 0.1) is 23.2 Å². The Bertz CT molecular complexity index is 212. The molecule has 0 heterocycles. The molecule has 2 heteroatoms. The van der Waals surface area contributed by atoms with Crippen molar-refractivity contribution in [1.82, 2.24) is 0 Å². The van der Waals surface area contributed by atoms with Crippen LogP contribution in [-0.4, -0.2) is 12.6 Å². The fourth-order valence-electron chi connectivity index (χ4n) is 2.84. The lowest BCUT2D eigenvalue weighted by atomic mass is 9.61. The van der Waals surface area contributed by atoms with E-state index in [1.165, 1.54) is 0 Å². The molecule has 1 saturated carbocycles. The van der Waals surface area contributed by atoms with Gasteiger partial charge in [0.1, 0.15) is 12.6 Å². The van der Waals surface area contributed by atoms with E-state index in [1.54, 1.807) is 0 Å². The number of aldehydes is 2. The van der Waals surface area contributed by atoms with Crippen LogP contribution in [0.15, 0.2) is 0 Å². The molecule has 0 unspecified atom stereocenters. The molecule has 0 aromatic carbocycles. The van der Waals surface area contributed by atoms with Crippen molar-refractivity contribution in [3.05, 3.63) is 0 Å². The third kappa shape index (κ3) is 1.89. The van der Waals surface area contributed by atoms with Crippen LogP contribution in [-0.2, 0) is 9.59 Å². The first-order valence-electron chi connectivity index (χ1n) is 5.48. The monoisotopic (exact) mass is 196 g/mol. The normalized spacial score (nSPS) is 31.4. The topological polar surface area (TPSA) is 34.1 Å². The van der Waals surface area contributed by atoms with Gasteiger partial charge in [-0.2, -0.15) is 0 Å². The highest BCUT2D eigenvalue weighted by Crippen LogP contribution is 2.44. The standard InChI is InChI=1S/C12H20O2/c1-9(2)11-5-4-10(3)6-12(11,7-13)8-14/h7-11H,4-6H2,1-3H3/t10-,11-/m1/s1. The molecule has 0 bridgehead atoms. The summed E-state index contributed by atoms with van der Waals surface area (Å²) in [5.41, 5.74) is -0.689. The summed E-state index contributed by atoms with van der Waals surface area (Å²) >= 11 is 0. The van der Waals surface area contributed by atoms with Crippen molar-refractivity contribution in [3.63, 3.8) is 0 Å². The fraction of sp³-hybridized carbons (Fsp3) is 0.833. The molecule has 1 aliphatic rings. The van der Waals surface area contributed by atoms with E-state index in [2.05, 4.69) is 20.8 Å². The van der Waals surface area contributed by atoms with Gasteiger partial charge in [-0.3, -0.25) is 0 Å². The molecule has 1 aliphatic carbocycles. The van der Waals surface area contributed by atoms with Crippen LogP contribution in [0.3, 0.4) is 0 Å². The van der Waals surface area contributed by atoms with E-state index in [4.69, 9.17) is 0 Å². The lowest BCUT2D eigenvalue weighted by molar-refractivity contribution is -0.135. The van der Waals surface area contributed by atoms with Crippen LogP contribution in [0.1, 0.15) is 40.0 Å². The maximum atomic E-state index is 11.1. The van der Waals surface area contributed by atoms with Gasteiger partial charge in [0.25, 0.3) is 0 Å². The molecule has 1 rings (SSSR count). The van der Waals surface area contributed by atoms with Gasteiger partial charge in [0.05, 0.1) is 5.41 Å². The van der Waals surface area contributed by atoms with Crippen LogP contribution in [0.4, 0.5) is 0 Å². The first-order valence-corrected chi connectivity index (χ1v) is 5.48. The molecule has 0 aromatic heterocycles. The van der Waals surface area contributed by atoms with E-state index < -0.39 is 5.41 Å². The molecule has 0 amide bonds. The quantitative estimate of drug-likeness (QED) is 0.513. The second-order valence-corrected chi connectivity index (χ2v) is 5.09. The fourth-order valence-corrected chi connectivity index (χ4v) is 2.84. The molecule has 0 N–H and O–H groups in total. The molecule has 2 atom stereocenters. The van der Waals surface area contributed by atoms with Crippen molar-refractivity contribution in [3.8, 4) is 0 Å². The van der Waals surface area contributed by atoms with E-state index in [-0.39, 0.29) is 5.92 Å². The maximum absolute atomic E-state index is 11.1. The Morgan fingerprint density at radius 2 is 1.79 bits per heavy atom. The zero-order valence-corrected chi connectivity index (χ0v) is 9.32. The van der Waals surface area contributed by atoms with Crippen LogP contribution in [0.25, 0.3) is 0 Å². The minimum absolute atomic E-state index is 0.244. The Morgan fingerprint density at radius 1 is 1.21 bits per heavy atom. The number of hydrogen-bond donors (Lipinski definition) is 0. The number of carbonyl (C=O) groups is 2. The molecule has 0 spiro atoms. The summed E-state index contributed by atoms with van der Waals surface area (Å²) < 4.78 is 0. The van der Waals surface area contributed by atoms with E-state index in [9.17, 15) is 9.59 Å². The number of hydrogen-bond acceptors (Lipinski definition) is 2. The Kier molecular flexibility index (Phi) is 3.46. The highest BCUT2D eigenvalue weighted by Gasteiger charge is 2.44. The van der Waals surface area contributed by atoms with Crippen LogP contribution in [0.2, 0.25) is 0 Å². The van der Waals surface area contributed by atoms with Gasteiger partial charge in [-0.05, 0) is 30.6 Å². The highest BCUT2D eigenvalue weighted by molar-refractivity contribution is 5.84. The Morgan fingerprint density at radius 3 is 2.21 bits per heavy atom.